The van der Waals surface area contributed by atoms with E-state index in [1.54, 1.807) is 0 Å². The number of nitrogens with zero attached hydrogens (tertiary/aromatic N) is 1. The van der Waals surface area contributed by atoms with Crippen LogP contribution in [0.1, 0.15) is 0 Å². The summed E-state index contributed by atoms with van der Waals surface area (Å²) in [6.45, 7) is 1.55. The molecule has 0 fully saturated rings. The second-order valence-electron chi connectivity index (χ2n) is 6.70. The lowest BCUT2D eigenvalue weighted by Gasteiger charge is -2.15. The molecule has 1 N–H and O–H groups in total. The first-order valence-corrected chi connectivity index (χ1v) is 9.78. The molecule has 0 atom stereocenters. The van der Waals surface area contributed by atoms with Gasteiger partial charge in [-0.3, -0.25) is 0 Å². The van der Waals surface area contributed by atoms with Gasteiger partial charge in [0, 0.05) is 37.5 Å². The van der Waals surface area contributed by atoms with Crippen molar-refractivity contribution < 1.29 is 4.74 Å². The van der Waals surface area contributed by atoms with Crippen molar-refractivity contribution >= 4 is 44.4 Å². The number of hydrogen-bond acceptors (Lipinski definition) is 2. The van der Waals surface area contributed by atoms with Gasteiger partial charge in [-0.2, -0.15) is 0 Å². The van der Waals surface area contributed by atoms with Crippen LogP contribution in [0.2, 0.25) is 0 Å². The molecule has 0 amide bonds. The third-order valence-electron chi connectivity index (χ3n) is 4.57. The first-order chi connectivity index (χ1) is 12.6. The zero-order chi connectivity index (χ0) is 18.1. The van der Waals surface area contributed by atoms with E-state index in [-0.39, 0.29) is 0 Å². The Morgan fingerprint density at radius 3 is 2.46 bits per heavy atom. The van der Waals surface area contributed by atoms with Crippen LogP contribution in [0.5, 0.6) is 5.75 Å². The summed E-state index contributed by atoms with van der Waals surface area (Å²) in [7, 11) is 4.13. The predicted molar refractivity (Wildman–Crippen MR) is 118 cm³/mol. The zero-order valence-electron chi connectivity index (χ0n) is 14.9. The summed E-state index contributed by atoms with van der Waals surface area (Å²) in [6.07, 6.45) is 0. The molecule has 0 bridgehead atoms. The second-order valence-corrected chi connectivity index (χ2v) is 7.86. The molecule has 132 valence electrons. The Labute approximate surface area is 167 Å². The molecule has 4 heteroatoms. The molecule has 0 aliphatic rings. The highest BCUT2D eigenvalue weighted by atomic mass is 127. The first-order valence-electron chi connectivity index (χ1n) is 8.70. The molecule has 1 aromatic heterocycles. The largest absolute Gasteiger partial charge is 0.492 e. The number of nitrogens with one attached hydrogen (secondary N) is 1. The molecule has 3 aromatic carbocycles. The summed E-state index contributed by atoms with van der Waals surface area (Å²) in [5, 5.41) is 2.43. The lowest BCUT2D eigenvalue weighted by molar-refractivity contribution is 0.262. The molecule has 0 saturated heterocycles. The fourth-order valence-electron chi connectivity index (χ4n) is 3.23. The van der Waals surface area contributed by atoms with Gasteiger partial charge in [-0.1, -0.05) is 36.4 Å². The maximum atomic E-state index is 6.22. The molecule has 0 spiro atoms. The number of benzene rings is 3. The summed E-state index contributed by atoms with van der Waals surface area (Å²) in [5.74, 6) is 0.938. The van der Waals surface area contributed by atoms with Crippen LogP contribution in [-0.4, -0.2) is 37.1 Å². The van der Waals surface area contributed by atoms with Gasteiger partial charge in [0.15, 0.2) is 0 Å². The highest BCUT2D eigenvalue weighted by Crippen LogP contribution is 2.38. The SMILES string of the molecule is CN(C)CCOc1cc2c(cc1-c1ccccc1I)[nH]c1ccccc12. The minimum Gasteiger partial charge on any atom is -0.492 e. The molecule has 0 aliphatic heterocycles. The number of aromatic nitrogens is 1. The Hall–Kier alpha value is -2.05. The standard InChI is InChI=1S/C22H21IN2O/c1-25(2)11-12-26-22-14-17-16-8-4-6-10-20(16)24-21(17)13-18(22)15-7-3-5-9-19(15)23/h3-10,13-14,24H,11-12H2,1-2H3. The number of likely N-dealkylation sites (N-methyl/N-ethyl adjacent to an activating group) is 1. The lowest BCUT2D eigenvalue weighted by Crippen LogP contribution is -2.19. The van der Waals surface area contributed by atoms with Gasteiger partial charge in [0.25, 0.3) is 0 Å². The Kier molecular flexibility index (Phi) is 4.87. The van der Waals surface area contributed by atoms with Crippen LogP contribution in [0.15, 0.2) is 60.7 Å². The van der Waals surface area contributed by atoms with Crippen LogP contribution in [0, 0.1) is 3.57 Å². The number of para-hydroxylation sites is 1. The van der Waals surface area contributed by atoms with Crippen molar-refractivity contribution in [3.63, 3.8) is 0 Å². The number of halogens is 1. The van der Waals surface area contributed by atoms with E-state index in [4.69, 9.17) is 4.74 Å². The van der Waals surface area contributed by atoms with Crippen molar-refractivity contribution in [1.82, 2.24) is 9.88 Å². The highest BCUT2D eigenvalue weighted by molar-refractivity contribution is 14.1. The van der Waals surface area contributed by atoms with E-state index in [1.165, 1.54) is 19.9 Å². The van der Waals surface area contributed by atoms with Gasteiger partial charge in [0.1, 0.15) is 12.4 Å². The molecule has 0 saturated carbocycles. The second kappa shape index (κ2) is 7.29. The smallest absolute Gasteiger partial charge is 0.127 e. The Morgan fingerprint density at radius 1 is 0.885 bits per heavy atom. The van der Waals surface area contributed by atoms with Gasteiger partial charge < -0.3 is 14.6 Å². The number of rotatable bonds is 5. The number of fused-ring (bicyclic) bond motifs is 3. The molecule has 0 aliphatic carbocycles. The average Bonchev–Trinajstić information content (AvgIpc) is 2.99. The van der Waals surface area contributed by atoms with Gasteiger partial charge in [-0.15, -0.1) is 0 Å². The lowest BCUT2D eigenvalue weighted by atomic mass is 10.0. The minimum atomic E-state index is 0.664. The Morgan fingerprint density at radius 2 is 1.65 bits per heavy atom. The van der Waals surface area contributed by atoms with Gasteiger partial charge in [-0.25, -0.2) is 0 Å². The Bertz CT molecular complexity index is 1070. The normalized spacial score (nSPS) is 11.5. The van der Waals surface area contributed by atoms with Gasteiger partial charge in [0.05, 0.1) is 0 Å². The van der Waals surface area contributed by atoms with Crippen LogP contribution in [0.25, 0.3) is 32.9 Å². The summed E-state index contributed by atoms with van der Waals surface area (Å²) in [6, 6.07) is 21.3. The average molecular weight is 456 g/mol. The maximum Gasteiger partial charge on any atom is 0.127 e. The van der Waals surface area contributed by atoms with Crippen molar-refractivity contribution in [2.75, 3.05) is 27.2 Å². The quantitative estimate of drug-likeness (QED) is 0.400. The van der Waals surface area contributed by atoms with Crippen LogP contribution in [-0.2, 0) is 0 Å². The van der Waals surface area contributed by atoms with Crippen LogP contribution in [0.3, 0.4) is 0 Å². The molecule has 4 rings (SSSR count). The van der Waals surface area contributed by atoms with E-state index in [2.05, 4.69) is 107 Å². The number of aromatic amines is 1. The van der Waals surface area contributed by atoms with E-state index < -0.39 is 0 Å². The number of hydrogen-bond donors (Lipinski definition) is 1. The van der Waals surface area contributed by atoms with E-state index >= 15 is 0 Å². The predicted octanol–water partition coefficient (Wildman–Crippen LogP) is 5.53. The number of ether oxygens (including phenoxy) is 1. The molecule has 3 nitrogen and oxygen atoms in total. The van der Waals surface area contributed by atoms with Crippen LogP contribution in [0.4, 0.5) is 0 Å². The van der Waals surface area contributed by atoms with Crippen LogP contribution >= 0.6 is 22.6 Å². The topological polar surface area (TPSA) is 28.3 Å². The van der Waals surface area contributed by atoms with Crippen molar-refractivity contribution in [1.29, 1.82) is 0 Å². The van der Waals surface area contributed by atoms with Crippen molar-refractivity contribution in [2.45, 2.75) is 0 Å². The van der Waals surface area contributed by atoms with E-state index in [0.717, 1.165) is 28.9 Å². The molecule has 0 radical (unpaired) electrons. The summed E-state index contributed by atoms with van der Waals surface area (Å²) in [4.78, 5) is 5.68. The summed E-state index contributed by atoms with van der Waals surface area (Å²) in [5.41, 5.74) is 4.63. The first kappa shape index (κ1) is 17.4. The summed E-state index contributed by atoms with van der Waals surface area (Å²) >= 11 is 2.39. The third-order valence-corrected chi connectivity index (χ3v) is 5.51. The molecule has 0 unspecified atom stereocenters. The van der Waals surface area contributed by atoms with Crippen molar-refractivity contribution in [3.8, 4) is 16.9 Å². The minimum absolute atomic E-state index is 0.664. The van der Waals surface area contributed by atoms with Gasteiger partial charge in [0.2, 0.25) is 0 Å². The zero-order valence-corrected chi connectivity index (χ0v) is 17.1. The van der Waals surface area contributed by atoms with E-state index in [0.29, 0.717) is 6.61 Å². The molecule has 26 heavy (non-hydrogen) atoms. The fourth-order valence-corrected chi connectivity index (χ4v) is 3.90. The molecule has 1 heterocycles. The third kappa shape index (κ3) is 3.31. The molecule has 4 aromatic rings. The Balaban J connectivity index is 1.89. The van der Waals surface area contributed by atoms with Gasteiger partial charge in [-0.05, 0) is 66.5 Å². The van der Waals surface area contributed by atoms with Crippen LogP contribution < -0.4 is 4.74 Å². The monoisotopic (exact) mass is 456 g/mol. The highest BCUT2D eigenvalue weighted by Gasteiger charge is 2.14. The molecular formula is C22H21IN2O. The maximum absolute atomic E-state index is 6.22. The number of H-pyrrole nitrogens is 1. The fraction of sp³-hybridized carbons (Fsp3) is 0.182. The van der Waals surface area contributed by atoms with Crippen molar-refractivity contribution in [3.05, 3.63) is 64.2 Å². The summed E-state index contributed by atoms with van der Waals surface area (Å²) < 4.78 is 7.45. The van der Waals surface area contributed by atoms with Crippen molar-refractivity contribution in [2.24, 2.45) is 0 Å². The van der Waals surface area contributed by atoms with E-state index in [9.17, 15) is 0 Å². The molecular weight excluding hydrogens is 435 g/mol. The van der Waals surface area contributed by atoms with Gasteiger partial charge >= 0.3 is 0 Å². The van der Waals surface area contributed by atoms with E-state index in [1.807, 2.05) is 0 Å².